The average molecular weight is 312 g/mol. The summed E-state index contributed by atoms with van der Waals surface area (Å²) in [6.45, 7) is 1.81. The number of methoxy groups -OCH3 is 1. The fourth-order valence-electron chi connectivity index (χ4n) is 3.14. The number of hydrogen-bond acceptors (Lipinski definition) is 7. The van der Waals surface area contributed by atoms with Crippen LogP contribution in [0.5, 0.6) is 5.88 Å². The summed E-state index contributed by atoms with van der Waals surface area (Å²) >= 11 is 0. The van der Waals surface area contributed by atoms with Gasteiger partial charge in [0.05, 0.1) is 18.8 Å². The fourth-order valence-corrected chi connectivity index (χ4v) is 3.14. The zero-order valence-electron chi connectivity index (χ0n) is 13.4. The molecule has 0 unspecified atom stereocenters. The van der Waals surface area contributed by atoms with Gasteiger partial charge in [-0.05, 0) is 30.9 Å². The first kappa shape index (κ1) is 14.2. The number of aromatic nitrogens is 4. The predicted molar refractivity (Wildman–Crippen MR) is 87.0 cm³/mol. The van der Waals surface area contributed by atoms with Crippen LogP contribution in [0.25, 0.3) is 0 Å². The Morgan fingerprint density at radius 2 is 2.13 bits per heavy atom. The standard InChI is InChI=1S/C16H20N6O/c1-21(16-17-7-6-15(18-16)23-2)12-9-22(10-12)14-8-11-4-3-5-13(11)19-20-14/h6-8,12H,3-5,9-10H2,1-2H3. The van der Waals surface area contributed by atoms with Crippen molar-refractivity contribution in [3.05, 3.63) is 29.6 Å². The second kappa shape index (κ2) is 5.64. The molecule has 4 rings (SSSR count). The number of ether oxygens (including phenoxy) is 1. The molecule has 0 N–H and O–H groups in total. The van der Waals surface area contributed by atoms with Crippen molar-refractivity contribution in [3.63, 3.8) is 0 Å². The summed E-state index contributed by atoms with van der Waals surface area (Å²) in [4.78, 5) is 13.1. The largest absolute Gasteiger partial charge is 0.481 e. The van der Waals surface area contributed by atoms with Crippen LogP contribution in [-0.4, -0.2) is 53.5 Å². The van der Waals surface area contributed by atoms with Crippen molar-refractivity contribution in [2.45, 2.75) is 25.3 Å². The molecule has 1 saturated heterocycles. The molecule has 0 atom stereocenters. The van der Waals surface area contributed by atoms with E-state index in [-0.39, 0.29) is 0 Å². The Kier molecular flexibility index (Phi) is 3.48. The van der Waals surface area contributed by atoms with Crippen LogP contribution < -0.4 is 14.5 Å². The molecular weight excluding hydrogens is 292 g/mol. The molecule has 120 valence electrons. The van der Waals surface area contributed by atoms with Gasteiger partial charge in [0.15, 0.2) is 5.82 Å². The van der Waals surface area contributed by atoms with Crippen molar-refractivity contribution in [1.29, 1.82) is 0 Å². The summed E-state index contributed by atoms with van der Waals surface area (Å²) in [5, 5.41) is 8.74. The Balaban J connectivity index is 1.42. The third kappa shape index (κ3) is 2.56. The van der Waals surface area contributed by atoms with Crippen molar-refractivity contribution in [1.82, 2.24) is 20.2 Å². The maximum atomic E-state index is 5.16. The Bertz CT molecular complexity index is 715. The van der Waals surface area contributed by atoms with E-state index in [0.717, 1.165) is 31.7 Å². The highest BCUT2D eigenvalue weighted by Gasteiger charge is 2.33. The number of likely N-dealkylation sites (N-methyl/N-ethyl adjacent to an activating group) is 1. The van der Waals surface area contributed by atoms with E-state index in [1.54, 1.807) is 19.4 Å². The lowest BCUT2D eigenvalue weighted by molar-refractivity contribution is 0.395. The van der Waals surface area contributed by atoms with Crippen LogP contribution in [0.4, 0.5) is 11.8 Å². The predicted octanol–water partition coefficient (Wildman–Crippen LogP) is 1.09. The molecule has 2 aliphatic rings. The lowest BCUT2D eigenvalue weighted by atomic mass is 10.1. The normalized spacial score (nSPS) is 16.9. The first-order valence-electron chi connectivity index (χ1n) is 7.95. The summed E-state index contributed by atoms with van der Waals surface area (Å²) in [7, 11) is 3.63. The van der Waals surface area contributed by atoms with Gasteiger partial charge in [0.1, 0.15) is 0 Å². The Labute approximate surface area is 135 Å². The molecule has 1 aliphatic heterocycles. The lowest BCUT2D eigenvalue weighted by Gasteiger charge is -2.44. The molecule has 2 aromatic heterocycles. The SMILES string of the molecule is COc1ccnc(N(C)C2CN(c3cc4c(nn3)CCC4)C2)n1. The van der Waals surface area contributed by atoms with E-state index in [0.29, 0.717) is 17.9 Å². The van der Waals surface area contributed by atoms with Crippen molar-refractivity contribution in [3.8, 4) is 5.88 Å². The molecule has 7 heteroatoms. The minimum Gasteiger partial charge on any atom is -0.481 e. The van der Waals surface area contributed by atoms with E-state index in [2.05, 4.69) is 36.0 Å². The smallest absolute Gasteiger partial charge is 0.228 e. The summed E-state index contributed by atoms with van der Waals surface area (Å²) < 4.78 is 5.16. The van der Waals surface area contributed by atoms with Crippen LogP contribution in [0.15, 0.2) is 18.3 Å². The van der Waals surface area contributed by atoms with Crippen LogP contribution >= 0.6 is 0 Å². The maximum Gasteiger partial charge on any atom is 0.228 e. The van der Waals surface area contributed by atoms with E-state index >= 15 is 0 Å². The van der Waals surface area contributed by atoms with Crippen LogP contribution in [0, 0.1) is 0 Å². The van der Waals surface area contributed by atoms with Crippen molar-refractivity contribution >= 4 is 11.8 Å². The number of anilines is 2. The molecule has 0 bridgehead atoms. The highest BCUT2D eigenvalue weighted by molar-refractivity contribution is 5.48. The highest BCUT2D eigenvalue weighted by Crippen LogP contribution is 2.27. The van der Waals surface area contributed by atoms with E-state index in [9.17, 15) is 0 Å². The number of aryl methyl sites for hydroxylation is 2. The zero-order chi connectivity index (χ0) is 15.8. The van der Waals surface area contributed by atoms with Crippen LogP contribution in [-0.2, 0) is 12.8 Å². The number of hydrogen-bond donors (Lipinski definition) is 0. The van der Waals surface area contributed by atoms with Crippen LogP contribution in [0.2, 0.25) is 0 Å². The van der Waals surface area contributed by atoms with Crippen molar-refractivity contribution < 1.29 is 4.74 Å². The summed E-state index contributed by atoms with van der Waals surface area (Å²) in [5.41, 5.74) is 2.54. The molecule has 3 heterocycles. The molecule has 0 radical (unpaired) electrons. The quantitative estimate of drug-likeness (QED) is 0.837. The monoisotopic (exact) mass is 312 g/mol. The second-order valence-corrected chi connectivity index (χ2v) is 6.10. The first-order valence-corrected chi connectivity index (χ1v) is 7.95. The highest BCUT2D eigenvalue weighted by atomic mass is 16.5. The first-order chi connectivity index (χ1) is 11.2. The molecule has 1 aliphatic carbocycles. The molecule has 23 heavy (non-hydrogen) atoms. The molecule has 1 fully saturated rings. The van der Waals surface area contributed by atoms with E-state index in [4.69, 9.17) is 4.74 Å². The molecule has 0 aromatic carbocycles. The number of rotatable bonds is 4. The Hall–Kier alpha value is -2.44. The Morgan fingerprint density at radius 1 is 1.26 bits per heavy atom. The molecule has 7 nitrogen and oxygen atoms in total. The number of nitrogens with zero attached hydrogens (tertiary/aromatic N) is 6. The van der Waals surface area contributed by atoms with Gasteiger partial charge in [-0.2, -0.15) is 10.1 Å². The van der Waals surface area contributed by atoms with Gasteiger partial charge in [-0.1, -0.05) is 0 Å². The maximum absolute atomic E-state index is 5.16. The van der Waals surface area contributed by atoms with Crippen molar-refractivity contribution in [2.24, 2.45) is 0 Å². The zero-order valence-corrected chi connectivity index (χ0v) is 13.4. The summed E-state index contributed by atoms with van der Waals surface area (Å²) in [6, 6.07) is 4.33. The van der Waals surface area contributed by atoms with Gasteiger partial charge in [0, 0.05) is 32.4 Å². The van der Waals surface area contributed by atoms with E-state index in [1.807, 2.05) is 7.05 Å². The minimum absolute atomic E-state index is 0.372. The topological polar surface area (TPSA) is 67.3 Å². The van der Waals surface area contributed by atoms with Gasteiger partial charge in [0.2, 0.25) is 11.8 Å². The molecule has 0 spiro atoms. The van der Waals surface area contributed by atoms with Gasteiger partial charge in [0.25, 0.3) is 0 Å². The van der Waals surface area contributed by atoms with Crippen molar-refractivity contribution in [2.75, 3.05) is 37.0 Å². The van der Waals surface area contributed by atoms with Gasteiger partial charge in [-0.3, -0.25) is 0 Å². The minimum atomic E-state index is 0.372. The summed E-state index contributed by atoms with van der Waals surface area (Å²) in [6.07, 6.45) is 5.12. The average Bonchev–Trinajstić information content (AvgIpc) is 3.01. The lowest BCUT2D eigenvalue weighted by Crippen LogP contribution is -2.59. The summed E-state index contributed by atoms with van der Waals surface area (Å²) in [5.74, 6) is 2.26. The third-order valence-corrected chi connectivity index (χ3v) is 4.68. The fraction of sp³-hybridized carbons (Fsp3) is 0.500. The Morgan fingerprint density at radius 3 is 2.96 bits per heavy atom. The van der Waals surface area contributed by atoms with Gasteiger partial charge < -0.3 is 14.5 Å². The van der Waals surface area contributed by atoms with Gasteiger partial charge >= 0.3 is 0 Å². The van der Waals surface area contributed by atoms with Crippen LogP contribution in [0.1, 0.15) is 17.7 Å². The number of fused-ring (bicyclic) bond motifs is 1. The molecule has 0 saturated carbocycles. The van der Waals surface area contributed by atoms with Crippen LogP contribution in [0.3, 0.4) is 0 Å². The van der Waals surface area contributed by atoms with E-state index < -0.39 is 0 Å². The van der Waals surface area contributed by atoms with Gasteiger partial charge in [-0.15, -0.1) is 5.10 Å². The molecule has 2 aromatic rings. The van der Waals surface area contributed by atoms with E-state index in [1.165, 1.54) is 17.7 Å². The third-order valence-electron chi connectivity index (χ3n) is 4.68. The second-order valence-electron chi connectivity index (χ2n) is 6.10. The molecule has 0 amide bonds. The van der Waals surface area contributed by atoms with Gasteiger partial charge in [-0.25, -0.2) is 4.98 Å². The molecular formula is C16H20N6O.